The van der Waals surface area contributed by atoms with E-state index in [4.69, 9.17) is 21.1 Å². The highest BCUT2D eigenvalue weighted by atomic mass is 35.5. The number of nitrogens with zero attached hydrogens (tertiary/aromatic N) is 2. The quantitative estimate of drug-likeness (QED) is 0.332. The van der Waals surface area contributed by atoms with Crippen LogP contribution in [-0.4, -0.2) is 23.9 Å². The van der Waals surface area contributed by atoms with Crippen molar-refractivity contribution in [1.29, 1.82) is 0 Å². The molecule has 0 saturated heterocycles. The molecular weight excluding hydrogens is 406 g/mol. The Bertz CT molecular complexity index is 984. The van der Waals surface area contributed by atoms with Crippen LogP contribution in [-0.2, 0) is 0 Å². The van der Waals surface area contributed by atoms with E-state index < -0.39 is 0 Å². The molecule has 1 heterocycles. The number of rotatable bonds is 8. The zero-order chi connectivity index (χ0) is 20.8. The fourth-order valence-corrected chi connectivity index (χ4v) is 3.55. The monoisotopic (exact) mass is 429 g/mol. The number of benzene rings is 2. The topological polar surface area (TPSA) is 55.7 Å². The molecule has 0 amide bonds. The molecular formula is C22H24ClN3O2S. The molecule has 0 saturated carbocycles. The highest BCUT2D eigenvalue weighted by Gasteiger charge is 2.13. The lowest BCUT2D eigenvalue weighted by molar-refractivity contribution is 0.224. The summed E-state index contributed by atoms with van der Waals surface area (Å²) < 4.78 is 11.5. The first-order chi connectivity index (χ1) is 14.0. The molecule has 3 aromatic rings. The van der Waals surface area contributed by atoms with Gasteiger partial charge in [-0.25, -0.2) is 4.98 Å². The fourth-order valence-electron chi connectivity index (χ4n) is 2.62. The van der Waals surface area contributed by atoms with Crippen molar-refractivity contribution in [3.05, 3.63) is 57.9 Å². The smallest absolute Gasteiger partial charge is 0.203 e. The van der Waals surface area contributed by atoms with Gasteiger partial charge in [-0.1, -0.05) is 41.4 Å². The summed E-state index contributed by atoms with van der Waals surface area (Å²) in [5.74, 6) is 1.15. The van der Waals surface area contributed by atoms with Crippen molar-refractivity contribution in [3.8, 4) is 22.8 Å². The zero-order valence-electron chi connectivity index (χ0n) is 16.9. The van der Waals surface area contributed by atoms with Crippen molar-refractivity contribution in [2.75, 3.05) is 12.0 Å². The maximum Gasteiger partial charge on any atom is 0.203 e. The van der Waals surface area contributed by atoms with E-state index >= 15 is 0 Å². The fraction of sp³-hybridized carbons (Fsp3) is 0.273. The summed E-state index contributed by atoms with van der Waals surface area (Å²) in [6.45, 7) is 8.40. The van der Waals surface area contributed by atoms with E-state index in [2.05, 4.69) is 46.7 Å². The minimum Gasteiger partial charge on any atom is -0.490 e. The van der Waals surface area contributed by atoms with Crippen LogP contribution in [0.4, 0.5) is 5.13 Å². The van der Waals surface area contributed by atoms with E-state index in [9.17, 15) is 0 Å². The van der Waals surface area contributed by atoms with Gasteiger partial charge < -0.3 is 9.47 Å². The van der Waals surface area contributed by atoms with Gasteiger partial charge in [0.1, 0.15) is 0 Å². The lowest BCUT2D eigenvalue weighted by Gasteiger charge is -2.16. The summed E-state index contributed by atoms with van der Waals surface area (Å²) in [5.41, 5.74) is 7.00. The number of halogens is 1. The minimum absolute atomic E-state index is 0.000480. The summed E-state index contributed by atoms with van der Waals surface area (Å²) in [5, 5.41) is 7.49. The van der Waals surface area contributed by atoms with E-state index in [0.717, 1.165) is 16.8 Å². The Labute approximate surface area is 180 Å². The second kappa shape index (κ2) is 9.76. The average Bonchev–Trinajstić information content (AvgIpc) is 3.14. The maximum atomic E-state index is 6.40. The Morgan fingerprint density at radius 1 is 1.24 bits per heavy atom. The molecule has 5 nitrogen and oxygen atoms in total. The van der Waals surface area contributed by atoms with Crippen LogP contribution in [0.5, 0.6) is 11.5 Å². The molecule has 0 radical (unpaired) electrons. The molecule has 0 atom stereocenters. The number of thiazole rings is 1. The molecule has 0 aliphatic rings. The van der Waals surface area contributed by atoms with Gasteiger partial charge >= 0.3 is 0 Å². The van der Waals surface area contributed by atoms with E-state index in [1.54, 1.807) is 12.3 Å². The Balaban J connectivity index is 1.72. The summed E-state index contributed by atoms with van der Waals surface area (Å²) in [4.78, 5) is 4.58. The number of hydrogen-bond acceptors (Lipinski definition) is 6. The summed E-state index contributed by atoms with van der Waals surface area (Å²) in [7, 11) is 0. The van der Waals surface area contributed by atoms with Gasteiger partial charge in [0.15, 0.2) is 11.5 Å². The molecule has 29 heavy (non-hydrogen) atoms. The van der Waals surface area contributed by atoms with Gasteiger partial charge in [-0.3, -0.25) is 5.43 Å². The van der Waals surface area contributed by atoms with Gasteiger partial charge in [0, 0.05) is 10.9 Å². The number of anilines is 1. The number of aryl methyl sites for hydroxylation is 1. The molecule has 1 aromatic heterocycles. The summed E-state index contributed by atoms with van der Waals surface area (Å²) in [6.07, 6.45) is 1.68. The lowest BCUT2D eigenvalue weighted by Crippen LogP contribution is -2.08. The van der Waals surface area contributed by atoms with E-state index in [1.807, 2.05) is 32.2 Å². The predicted molar refractivity (Wildman–Crippen MR) is 122 cm³/mol. The molecule has 1 N–H and O–H groups in total. The highest BCUT2D eigenvalue weighted by Crippen LogP contribution is 2.37. The third-order valence-electron chi connectivity index (χ3n) is 3.91. The van der Waals surface area contributed by atoms with Crippen LogP contribution < -0.4 is 14.9 Å². The van der Waals surface area contributed by atoms with E-state index in [1.165, 1.54) is 16.9 Å². The van der Waals surface area contributed by atoms with Crippen LogP contribution in [0.15, 0.2) is 46.9 Å². The number of ether oxygens (including phenoxy) is 2. The van der Waals surface area contributed by atoms with Gasteiger partial charge in [0.2, 0.25) is 5.13 Å². The molecule has 2 aromatic carbocycles. The molecule has 0 spiro atoms. The third-order valence-corrected chi connectivity index (χ3v) is 4.94. The number of hydrazone groups is 1. The van der Waals surface area contributed by atoms with Crippen molar-refractivity contribution in [1.82, 2.24) is 4.98 Å². The molecule has 0 unspecified atom stereocenters. The van der Waals surface area contributed by atoms with Crippen molar-refractivity contribution in [3.63, 3.8) is 0 Å². The number of nitrogens with one attached hydrogen (secondary N) is 1. The lowest BCUT2D eigenvalue weighted by atomic mass is 10.1. The minimum atomic E-state index is 0.000480. The van der Waals surface area contributed by atoms with Crippen LogP contribution in [0.25, 0.3) is 11.3 Å². The van der Waals surface area contributed by atoms with Gasteiger partial charge in [0.25, 0.3) is 0 Å². The molecule has 0 fully saturated rings. The summed E-state index contributed by atoms with van der Waals surface area (Å²) in [6, 6.07) is 11.9. The Morgan fingerprint density at radius 3 is 2.69 bits per heavy atom. The van der Waals surface area contributed by atoms with Crippen molar-refractivity contribution in [2.45, 2.75) is 33.8 Å². The van der Waals surface area contributed by atoms with Gasteiger partial charge in [-0.05, 0) is 45.4 Å². The van der Waals surface area contributed by atoms with Gasteiger partial charge in [0.05, 0.1) is 29.6 Å². The van der Waals surface area contributed by atoms with Crippen LogP contribution >= 0.6 is 22.9 Å². The first-order valence-electron chi connectivity index (χ1n) is 9.41. The van der Waals surface area contributed by atoms with E-state index in [-0.39, 0.29) is 6.10 Å². The van der Waals surface area contributed by atoms with Crippen molar-refractivity contribution < 1.29 is 9.47 Å². The largest absolute Gasteiger partial charge is 0.490 e. The SMILES string of the molecule is CCOc1cc(/C=N\Nc2nc(-c3ccc(C)cc3)cs2)cc(Cl)c1OC(C)C. The predicted octanol–water partition coefficient (Wildman–Crippen LogP) is 6.40. The first-order valence-corrected chi connectivity index (χ1v) is 10.7. The van der Waals surface area contributed by atoms with Gasteiger partial charge in [-0.15, -0.1) is 11.3 Å². The van der Waals surface area contributed by atoms with Crippen molar-refractivity contribution >= 4 is 34.3 Å². The number of hydrogen-bond donors (Lipinski definition) is 1. The molecule has 7 heteroatoms. The van der Waals surface area contributed by atoms with E-state index in [0.29, 0.717) is 28.3 Å². The average molecular weight is 430 g/mol. The maximum absolute atomic E-state index is 6.40. The molecule has 0 aliphatic carbocycles. The Hall–Kier alpha value is -2.57. The second-order valence-corrected chi connectivity index (χ2v) is 7.97. The summed E-state index contributed by atoms with van der Waals surface area (Å²) >= 11 is 7.90. The Morgan fingerprint density at radius 2 is 2.00 bits per heavy atom. The number of aromatic nitrogens is 1. The second-order valence-electron chi connectivity index (χ2n) is 6.70. The highest BCUT2D eigenvalue weighted by molar-refractivity contribution is 7.14. The van der Waals surface area contributed by atoms with Crippen LogP contribution in [0.2, 0.25) is 5.02 Å². The molecule has 0 aliphatic heterocycles. The van der Waals surface area contributed by atoms with Gasteiger partial charge in [-0.2, -0.15) is 5.10 Å². The normalized spacial score (nSPS) is 11.2. The molecule has 3 rings (SSSR count). The molecule has 152 valence electrons. The van der Waals surface area contributed by atoms with Crippen molar-refractivity contribution in [2.24, 2.45) is 5.10 Å². The standard InChI is InChI=1S/C22H24ClN3O2S/c1-5-27-20-11-16(10-18(23)21(20)28-14(2)3)12-24-26-22-25-19(13-29-22)17-8-6-15(4)7-9-17/h6-14H,5H2,1-4H3,(H,25,26)/b24-12-. The third kappa shape index (κ3) is 5.71. The zero-order valence-corrected chi connectivity index (χ0v) is 18.5. The Kier molecular flexibility index (Phi) is 7.12. The first kappa shape index (κ1) is 21.1. The molecule has 0 bridgehead atoms. The van der Waals surface area contributed by atoms with Crippen LogP contribution in [0.3, 0.4) is 0 Å². The van der Waals surface area contributed by atoms with Crippen LogP contribution in [0.1, 0.15) is 31.9 Å². The van der Waals surface area contributed by atoms with Crippen LogP contribution in [0, 0.1) is 6.92 Å².